The topological polar surface area (TPSA) is 41.1 Å². The van der Waals surface area contributed by atoms with Crippen molar-refractivity contribution in [3.63, 3.8) is 0 Å². The van der Waals surface area contributed by atoms with Crippen LogP contribution in [0.3, 0.4) is 0 Å². The number of nitrogens with one attached hydrogen (secondary N) is 2. The molecule has 1 heterocycles. The van der Waals surface area contributed by atoms with Crippen LogP contribution in [0.4, 0.5) is 14.5 Å². The predicted molar refractivity (Wildman–Crippen MR) is 76.2 cm³/mol. The highest BCUT2D eigenvalue weighted by Gasteiger charge is 2.18. The van der Waals surface area contributed by atoms with Crippen LogP contribution in [0.1, 0.15) is 21.5 Å². The molecule has 0 saturated heterocycles. The molecule has 0 saturated carbocycles. The normalized spacial score (nSPS) is 13.6. The van der Waals surface area contributed by atoms with Crippen LogP contribution in [0.15, 0.2) is 36.4 Å². The third-order valence-corrected chi connectivity index (χ3v) is 3.59. The SMILES string of the molecule is O=C(Nc1cccc2c1CNCC2)c1cccc(F)c1F. The zero-order valence-electron chi connectivity index (χ0n) is 11.2. The van der Waals surface area contributed by atoms with Crippen LogP contribution < -0.4 is 10.6 Å². The average Bonchev–Trinajstić information content (AvgIpc) is 2.50. The number of rotatable bonds is 2. The van der Waals surface area contributed by atoms with E-state index in [1.54, 1.807) is 6.07 Å². The lowest BCUT2D eigenvalue weighted by molar-refractivity contribution is 0.102. The van der Waals surface area contributed by atoms with Gasteiger partial charge in [-0.1, -0.05) is 18.2 Å². The van der Waals surface area contributed by atoms with Crippen molar-refractivity contribution in [1.29, 1.82) is 0 Å². The summed E-state index contributed by atoms with van der Waals surface area (Å²) in [6, 6.07) is 9.19. The molecule has 0 atom stereocenters. The smallest absolute Gasteiger partial charge is 0.258 e. The van der Waals surface area contributed by atoms with Gasteiger partial charge in [0.05, 0.1) is 5.56 Å². The van der Waals surface area contributed by atoms with Crippen molar-refractivity contribution in [3.8, 4) is 0 Å². The minimum absolute atomic E-state index is 0.295. The molecule has 0 unspecified atom stereocenters. The van der Waals surface area contributed by atoms with Gasteiger partial charge in [0.15, 0.2) is 11.6 Å². The lowest BCUT2D eigenvalue weighted by Gasteiger charge is -2.20. The predicted octanol–water partition coefficient (Wildman–Crippen LogP) is 2.86. The number of fused-ring (bicyclic) bond motifs is 1. The first kappa shape index (κ1) is 13.7. The first-order chi connectivity index (χ1) is 10.2. The van der Waals surface area contributed by atoms with Crippen LogP contribution in [0.25, 0.3) is 0 Å². The maximum atomic E-state index is 13.6. The quantitative estimate of drug-likeness (QED) is 0.892. The summed E-state index contributed by atoms with van der Waals surface area (Å²) in [6.07, 6.45) is 0.882. The van der Waals surface area contributed by atoms with Crippen molar-refractivity contribution in [3.05, 3.63) is 64.7 Å². The lowest BCUT2D eigenvalue weighted by atomic mass is 9.99. The third kappa shape index (κ3) is 2.64. The number of hydrogen-bond acceptors (Lipinski definition) is 2. The van der Waals surface area contributed by atoms with E-state index in [4.69, 9.17) is 0 Å². The first-order valence-electron chi connectivity index (χ1n) is 6.73. The highest BCUT2D eigenvalue weighted by Crippen LogP contribution is 2.24. The zero-order valence-corrected chi connectivity index (χ0v) is 11.2. The van der Waals surface area contributed by atoms with Crippen molar-refractivity contribution in [2.24, 2.45) is 0 Å². The van der Waals surface area contributed by atoms with E-state index in [2.05, 4.69) is 10.6 Å². The second-order valence-corrected chi connectivity index (χ2v) is 4.93. The minimum atomic E-state index is -1.13. The summed E-state index contributed by atoms with van der Waals surface area (Å²) in [4.78, 5) is 12.1. The third-order valence-electron chi connectivity index (χ3n) is 3.59. The van der Waals surface area contributed by atoms with Crippen LogP contribution in [0.5, 0.6) is 0 Å². The summed E-state index contributed by atoms with van der Waals surface area (Å²) < 4.78 is 26.8. The molecule has 0 bridgehead atoms. The van der Waals surface area contributed by atoms with E-state index in [0.717, 1.165) is 30.2 Å². The molecule has 2 N–H and O–H groups in total. The summed E-state index contributed by atoms with van der Waals surface area (Å²) in [6.45, 7) is 1.54. The Balaban J connectivity index is 1.90. The Labute approximate surface area is 121 Å². The molecule has 1 aliphatic heterocycles. The Hall–Kier alpha value is -2.27. The number of amides is 1. The molecule has 2 aromatic carbocycles. The molecule has 108 valence electrons. The maximum Gasteiger partial charge on any atom is 0.258 e. The highest BCUT2D eigenvalue weighted by molar-refractivity contribution is 6.04. The molecule has 3 nitrogen and oxygen atoms in total. The van der Waals surface area contributed by atoms with Gasteiger partial charge in [0.2, 0.25) is 0 Å². The van der Waals surface area contributed by atoms with Gasteiger partial charge in [0.1, 0.15) is 0 Å². The number of benzene rings is 2. The fraction of sp³-hybridized carbons (Fsp3) is 0.188. The van der Waals surface area contributed by atoms with Crippen molar-refractivity contribution >= 4 is 11.6 Å². The van der Waals surface area contributed by atoms with Gasteiger partial charge in [-0.2, -0.15) is 0 Å². The average molecular weight is 288 g/mol. The fourth-order valence-corrected chi connectivity index (χ4v) is 2.50. The molecule has 21 heavy (non-hydrogen) atoms. The van der Waals surface area contributed by atoms with Gasteiger partial charge in [-0.05, 0) is 42.3 Å². The molecule has 0 radical (unpaired) electrons. The highest BCUT2D eigenvalue weighted by atomic mass is 19.2. The fourth-order valence-electron chi connectivity index (χ4n) is 2.50. The summed E-state index contributed by atoms with van der Waals surface area (Å²) in [7, 11) is 0. The van der Waals surface area contributed by atoms with E-state index >= 15 is 0 Å². The minimum Gasteiger partial charge on any atom is -0.322 e. The van der Waals surface area contributed by atoms with E-state index in [1.807, 2.05) is 12.1 Å². The molecule has 0 aliphatic carbocycles. The van der Waals surface area contributed by atoms with E-state index in [0.29, 0.717) is 12.2 Å². The molecule has 0 aromatic heterocycles. The van der Waals surface area contributed by atoms with E-state index in [9.17, 15) is 13.6 Å². The van der Waals surface area contributed by atoms with Crippen molar-refractivity contribution in [1.82, 2.24) is 5.32 Å². The molecule has 5 heteroatoms. The Morgan fingerprint density at radius 3 is 2.81 bits per heavy atom. The lowest BCUT2D eigenvalue weighted by Crippen LogP contribution is -2.25. The van der Waals surface area contributed by atoms with Crippen LogP contribution in [0, 0.1) is 11.6 Å². The van der Waals surface area contributed by atoms with Crippen LogP contribution in [-0.4, -0.2) is 12.5 Å². The van der Waals surface area contributed by atoms with Gasteiger partial charge < -0.3 is 10.6 Å². The van der Waals surface area contributed by atoms with Gasteiger partial charge in [-0.3, -0.25) is 4.79 Å². The summed E-state index contributed by atoms with van der Waals surface area (Å²) in [5.41, 5.74) is 2.49. The zero-order chi connectivity index (χ0) is 14.8. The van der Waals surface area contributed by atoms with Gasteiger partial charge in [-0.25, -0.2) is 8.78 Å². The van der Waals surface area contributed by atoms with Crippen LogP contribution in [0.2, 0.25) is 0 Å². The molecule has 1 amide bonds. The second kappa shape index (κ2) is 5.61. The van der Waals surface area contributed by atoms with Crippen molar-refractivity contribution in [2.45, 2.75) is 13.0 Å². The molecule has 0 spiro atoms. The summed E-state index contributed by atoms with van der Waals surface area (Å²) in [5, 5.41) is 5.90. The van der Waals surface area contributed by atoms with Crippen molar-refractivity contribution < 1.29 is 13.6 Å². The number of halogens is 2. The second-order valence-electron chi connectivity index (χ2n) is 4.93. The van der Waals surface area contributed by atoms with Crippen molar-refractivity contribution in [2.75, 3.05) is 11.9 Å². The first-order valence-corrected chi connectivity index (χ1v) is 6.73. The van der Waals surface area contributed by atoms with Crippen LogP contribution >= 0.6 is 0 Å². The number of anilines is 1. The van der Waals surface area contributed by atoms with Gasteiger partial charge >= 0.3 is 0 Å². The number of carbonyl (C=O) groups is 1. The molecule has 3 rings (SSSR count). The van der Waals surface area contributed by atoms with Gasteiger partial charge in [0, 0.05) is 12.2 Å². The molecule has 2 aromatic rings. The molecule has 0 fully saturated rings. The Kier molecular flexibility index (Phi) is 3.66. The molecule has 1 aliphatic rings. The molecular formula is C16H14F2N2O. The summed E-state index contributed by atoms with van der Waals surface area (Å²) in [5.74, 6) is -2.80. The maximum absolute atomic E-state index is 13.6. The Morgan fingerprint density at radius 2 is 1.95 bits per heavy atom. The molecular weight excluding hydrogens is 274 g/mol. The largest absolute Gasteiger partial charge is 0.322 e. The van der Waals surface area contributed by atoms with Gasteiger partial charge in [0.25, 0.3) is 5.91 Å². The Bertz CT molecular complexity index is 701. The van der Waals surface area contributed by atoms with E-state index < -0.39 is 17.5 Å². The van der Waals surface area contributed by atoms with E-state index in [1.165, 1.54) is 12.1 Å². The number of hydrogen-bond donors (Lipinski definition) is 2. The van der Waals surface area contributed by atoms with Crippen LogP contribution in [-0.2, 0) is 13.0 Å². The van der Waals surface area contributed by atoms with Gasteiger partial charge in [-0.15, -0.1) is 0 Å². The summed E-state index contributed by atoms with van der Waals surface area (Å²) >= 11 is 0. The Morgan fingerprint density at radius 1 is 1.14 bits per heavy atom. The monoisotopic (exact) mass is 288 g/mol. The number of carbonyl (C=O) groups excluding carboxylic acids is 1. The standard InChI is InChI=1S/C16H14F2N2O/c17-13-5-2-4-11(15(13)18)16(21)20-14-6-1-3-10-7-8-19-9-12(10)14/h1-6,19H,7-9H2,(H,20,21). The van der Waals surface area contributed by atoms with E-state index in [-0.39, 0.29) is 5.56 Å².